The van der Waals surface area contributed by atoms with Crippen LogP contribution in [0.5, 0.6) is 0 Å². The Bertz CT molecular complexity index is 500. The molecule has 0 saturated heterocycles. The molecule has 0 aliphatic heterocycles. The molecule has 0 aliphatic carbocycles. The summed E-state index contributed by atoms with van der Waals surface area (Å²) in [6.45, 7) is 3.65. The van der Waals surface area contributed by atoms with Crippen LogP contribution in [0, 0.1) is 6.92 Å². The van der Waals surface area contributed by atoms with E-state index >= 15 is 0 Å². The summed E-state index contributed by atoms with van der Waals surface area (Å²) in [5.41, 5.74) is 1.16. The zero-order valence-corrected chi connectivity index (χ0v) is 11.6. The van der Waals surface area contributed by atoms with Gasteiger partial charge in [0, 0.05) is 6.54 Å². The summed E-state index contributed by atoms with van der Waals surface area (Å²) in [5.74, 6) is -1.26. The van der Waals surface area contributed by atoms with Gasteiger partial charge in [0.2, 0.25) is 0 Å². The standard InChI is InChI=1S/C14H18N2O4/c1-3-8-15-14(19)16-12(17)9-20-13(18)11-7-5-4-6-10(11)2/h4-7H,3,8-9H2,1-2H3,(H2,15,16,17,19). The minimum atomic E-state index is -0.666. The van der Waals surface area contributed by atoms with E-state index in [1.807, 2.05) is 6.92 Å². The van der Waals surface area contributed by atoms with E-state index in [4.69, 9.17) is 4.74 Å². The smallest absolute Gasteiger partial charge is 0.338 e. The maximum Gasteiger partial charge on any atom is 0.338 e. The van der Waals surface area contributed by atoms with Crippen LogP contribution >= 0.6 is 0 Å². The number of benzene rings is 1. The summed E-state index contributed by atoms with van der Waals surface area (Å²) < 4.78 is 4.85. The van der Waals surface area contributed by atoms with E-state index in [9.17, 15) is 14.4 Å². The maximum atomic E-state index is 11.7. The first-order valence-corrected chi connectivity index (χ1v) is 6.35. The van der Waals surface area contributed by atoms with Gasteiger partial charge >= 0.3 is 12.0 Å². The first kappa shape index (κ1) is 15.7. The lowest BCUT2D eigenvalue weighted by Crippen LogP contribution is -2.41. The normalized spacial score (nSPS) is 9.70. The number of urea groups is 1. The molecule has 0 bridgehead atoms. The highest BCUT2D eigenvalue weighted by molar-refractivity contribution is 5.97. The maximum absolute atomic E-state index is 11.7. The molecular formula is C14H18N2O4. The first-order chi connectivity index (χ1) is 9.54. The number of ether oxygens (including phenoxy) is 1. The van der Waals surface area contributed by atoms with Crippen LogP contribution in [0.4, 0.5) is 4.79 Å². The number of carbonyl (C=O) groups is 3. The number of carbonyl (C=O) groups excluding carboxylic acids is 3. The molecule has 2 N–H and O–H groups in total. The molecule has 0 aromatic heterocycles. The fraction of sp³-hybridized carbons (Fsp3) is 0.357. The number of hydrogen-bond acceptors (Lipinski definition) is 4. The largest absolute Gasteiger partial charge is 0.452 e. The summed E-state index contributed by atoms with van der Waals surface area (Å²) in [5, 5.41) is 4.55. The average molecular weight is 278 g/mol. The molecule has 0 saturated carbocycles. The number of hydrogen-bond donors (Lipinski definition) is 2. The quantitative estimate of drug-likeness (QED) is 0.797. The molecule has 1 rings (SSSR count). The van der Waals surface area contributed by atoms with Gasteiger partial charge in [-0.15, -0.1) is 0 Å². The van der Waals surface area contributed by atoms with Crippen molar-refractivity contribution in [2.45, 2.75) is 20.3 Å². The van der Waals surface area contributed by atoms with E-state index in [0.29, 0.717) is 12.1 Å². The van der Waals surface area contributed by atoms with E-state index < -0.39 is 24.5 Å². The van der Waals surface area contributed by atoms with E-state index in [-0.39, 0.29) is 0 Å². The van der Waals surface area contributed by atoms with Crippen molar-refractivity contribution in [2.75, 3.05) is 13.2 Å². The third-order valence-electron chi connectivity index (χ3n) is 2.49. The van der Waals surface area contributed by atoms with Crippen LogP contribution in [0.15, 0.2) is 24.3 Å². The number of aryl methyl sites for hydroxylation is 1. The van der Waals surface area contributed by atoms with Crippen molar-refractivity contribution >= 4 is 17.9 Å². The Labute approximate surface area is 117 Å². The molecule has 6 heteroatoms. The number of amides is 3. The van der Waals surface area contributed by atoms with Crippen LogP contribution in [-0.4, -0.2) is 31.1 Å². The van der Waals surface area contributed by atoms with Crippen LogP contribution in [0.2, 0.25) is 0 Å². The second-order valence-corrected chi connectivity index (χ2v) is 4.20. The van der Waals surface area contributed by atoms with Crippen molar-refractivity contribution < 1.29 is 19.1 Å². The minimum Gasteiger partial charge on any atom is -0.452 e. The topological polar surface area (TPSA) is 84.5 Å². The van der Waals surface area contributed by atoms with Gasteiger partial charge in [-0.3, -0.25) is 10.1 Å². The van der Waals surface area contributed by atoms with Gasteiger partial charge in [0.05, 0.1) is 5.56 Å². The van der Waals surface area contributed by atoms with E-state index in [1.165, 1.54) is 0 Å². The fourth-order valence-corrected chi connectivity index (χ4v) is 1.46. The third-order valence-corrected chi connectivity index (χ3v) is 2.49. The molecule has 0 radical (unpaired) electrons. The van der Waals surface area contributed by atoms with Gasteiger partial charge in [0.1, 0.15) is 0 Å². The summed E-state index contributed by atoms with van der Waals surface area (Å²) in [4.78, 5) is 34.3. The minimum absolute atomic E-state index is 0.399. The van der Waals surface area contributed by atoms with Crippen LogP contribution in [-0.2, 0) is 9.53 Å². The Morgan fingerprint density at radius 1 is 1.20 bits per heavy atom. The van der Waals surface area contributed by atoms with Crippen LogP contribution in [0.1, 0.15) is 29.3 Å². The molecule has 0 atom stereocenters. The summed E-state index contributed by atoms with van der Waals surface area (Å²) in [7, 11) is 0. The molecule has 108 valence electrons. The van der Waals surface area contributed by atoms with Gasteiger partial charge < -0.3 is 10.1 Å². The van der Waals surface area contributed by atoms with Crippen LogP contribution in [0.3, 0.4) is 0 Å². The molecule has 0 fully saturated rings. The predicted molar refractivity (Wildman–Crippen MR) is 73.3 cm³/mol. The Hall–Kier alpha value is -2.37. The van der Waals surface area contributed by atoms with Gasteiger partial charge in [-0.05, 0) is 25.0 Å². The number of rotatable bonds is 5. The summed E-state index contributed by atoms with van der Waals surface area (Å²) in [6.07, 6.45) is 0.768. The van der Waals surface area contributed by atoms with Crippen molar-refractivity contribution in [3.05, 3.63) is 35.4 Å². The zero-order valence-electron chi connectivity index (χ0n) is 11.6. The highest BCUT2D eigenvalue weighted by Crippen LogP contribution is 2.08. The molecule has 0 spiro atoms. The highest BCUT2D eigenvalue weighted by Gasteiger charge is 2.13. The number of imide groups is 1. The number of nitrogens with one attached hydrogen (secondary N) is 2. The third kappa shape index (κ3) is 5.09. The second kappa shape index (κ2) is 7.93. The highest BCUT2D eigenvalue weighted by atomic mass is 16.5. The first-order valence-electron chi connectivity index (χ1n) is 6.35. The van der Waals surface area contributed by atoms with Gasteiger partial charge in [-0.2, -0.15) is 0 Å². The lowest BCUT2D eigenvalue weighted by atomic mass is 10.1. The van der Waals surface area contributed by atoms with Crippen LogP contribution < -0.4 is 10.6 Å². The van der Waals surface area contributed by atoms with Crippen molar-refractivity contribution in [1.29, 1.82) is 0 Å². The lowest BCUT2D eigenvalue weighted by molar-refractivity contribution is -0.123. The lowest BCUT2D eigenvalue weighted by Gasteiger charge is -2.07. The van der Waals surface area contributed by atoms with Gasteiger partial charge in [-0.25, -0.2) is 9.59 Å². The molecule has 0 unspecified atom stereocenters. The van der Waals surface area contributed by atoms with Crippen molar-refractivity contribution in [1.82, 2.24) is 10.6 Å². The van der Waals surface area contributed by atoms with Gasteiger partial charge in [-0.1, -0.05) is 25.1 Å². The van der Waals surface area contributed by atoms with Gasteiger partial charge in [0.15, 0.2) is 6.61 Å². The Morgan fingerprint density at radius 2 is 1.90 bits per heavy atom. The second-order valence-electron chi connectivity index (χ2n) is 4.20. The molecule has 1 aromatic carbocycles. The SMILES string of the molecule is CCCNC(=O)NC(=O)COC(=O)c1ccccc1C. The van der Waals surface area contributed by atoms with E-state index in [0.717, 1.165) is 12.0 Å². The molecular weight excluding hydrogens is 260 g/mol. The molecule has 3 amide bonds. The summed E-state index contributed by atoms with van der Waals surface area (Å²) >= 11 is 0. The monoisotopic (exact) mass is 278 g/mol. The average Bonchev–Trinajstić information content (AvgIpc) is 2.43. The van der Waals surface area contributed by atoms with Crippen molar-refractivity contribution in [3.63, 3.8) is 0 Å². The molecule has 1 aromatic rings. The molecule has 20 heavy (non-hydrogen) atoms. The van der Waals surface area contributed by atoms with E-state index in [1.54, 1.807) is 31.2 Å². The Morgan fingerprint density at radius 3 is 2.55 bits per heavy atom. The van der Waals surface area contributed by atoms with Gasteiger partial charge in [0.25, 0.3) is 5.91 Å². The van der Waals surface area contributed by atoms with Crippen molar-refractivity contribution in [2.24, 2.45) is 0 Å². The predicted octanol–water partition coefficient (Wildman–Crippen LogP) is 1.39. The number of esters is 1. The molecule has 0 heterocycles. The summed E-state index contributed by atoms with van der Waals surface area (Å²) in [6, 6.07) is 6.31. The van der Waals surface area contributed by atoms with Crippen LogP contribution in [0.25, 0.3) is 0 Å². The van der Waals surface area contributed by atoms with E-state index in [2.05, 4.69) is 10.6 Å². The molecule has 0 aliphatic rings. The van der Waals surface area contributed by atoms with Crippen molar-refractivity contribution in [3.8, 4) is 0 Å². The Kier molecular flexibility index (Phi) is 6.22. The fourth-order valence-electron chi connectivity index (χ4n) is 1.46. The molecule has 6 nitrogen and oxygen atoms in total. The Balaban J connectivity index is 2.40. The zero-order chi connectivity index (χ0) is 15.0.